The van der Waals surface area contributed by atoms with Gasteiger partial charge in [-0.1, -0.05) is 42.8 Å². The van der Waals surface area contributed by atoms with E-state index in [-0.39, 0.29) is 105 Å². The summed E-state index contributed by atoms with van der Waals surface area (Å²) < 4.78 is 49.1. The van der Waals surface area contributed by atoms with E-state index in [4.69, 9.17) is 53.2 Å². The summed E-state index contributed by atoms with van der Waals surface area (Å²) in [6.45, 7) is 15.8. The Morgan fingerprint density at radius 3 is 1.42 bits per heavy atom. The normalized spacial score (nSPS) is 29.1. The van der Waals surface area contributed by atoms with Crippen molar-refractivity contribution in [1.29, 1.82) is 5.26 Å². The number of esters is 2. The number of carboxylic acid groups (broad SMARTS) is 2. The van der Waals surface area contributed by atoms with Crippen LogP contribution >= 0.6 is 23.5 Å². The van der Waals surface area contributed by atoms with Gasteiger partial charge in [-0.05, 0) is 173 Å². The maximum Gasteiger partial charge on any atom is 0.333 e. The fourth-order valence-electron chi connectivity index (χ4n) is 21.7. The molecule has 117 heavy (non-hydrogen) atoms. The average molecular weight is 1730 g/mol. The van der Waals surface area contributed by atoms with Crippen molar-refractivity contribution in [2.75, 3.05) is 66.6 Å². The summed E-state index contributed by atoms with van der Waals surface area (Å²) in [4.78, 5) is 79.8. The number of thioether (sulfide) groups is 2. The zero-order valence-corrected chi connectivity index (χ0v) is 68.6. The van der Waals surface area contributed by atoms with Crippen LogP contribution in [-0.2, 0) is 87.8 Å². The number of carbonyl (C=O) groups is 4. The van der Waals surface area contributed by atoms with Gasteiger partial charge in [-0.25, -0.2) is 9.59 Å². The van der Waals surface area contributed by atoms with Crippen LogP contribution in [0.15, 0.2) is 48.5 Å². The minimum atomic E-state index is -1.55. The third-order valence-corrected chi connectivity index (χ3v) is 29.8. The molecule has 16 heterocycles. The summed E-state index contributed by atoms with van der Waals surface area (Å²) in [5.74, 6) is 0.397. The van der Waals surface area contributed by atoms with Crippen LogP contribution in [0.3, 0.4) is 0 Å². The van der Waals surface area contributed by atoms with Gasteiger partial charge >= 0.3 is 23.9 Å². The number of aryl methyl sites for hydroxylation is 4. The zero-order chi connectivity index (χ0) is 81.1. The molecule has 0 amide bonds. The number of aliphatic carboxylic acids is 2. The quantitative estimate of drug-likeness (QED) is 0.0339. The second kappa shape index (κ2) is 29.5. The van der Waals surface area contributed by atoms with Crippen molar-refractivity contribution in [3.8, 4) is 52.1 Å². The number of hydrogen-bond donors (Lipinski definition) is 10. The molecule has 4 fully saturated rings. The van der Waals surface area contributed by atoms with Gasteiger partial charge in [-0.3, -0.25) is 39.8 Å². The van der Waals surface area contributed by atoms with Gasteiger partial charge < -0.3 is 78.6 Å². The number of carboxylic acids is 2. The Hall–Kier alpha value is -9.47. The van der Waals surface area contributed by atoms with Gasteiger partial charge in [0, 0.05) is 119 Å². The molecule has 1 radical (unpaired) electrons. The number of nitriles is 1. The minimum absolute atomic E-state index is 0. The number of likely N-dealkylation sites (N-methyl/N-ethyl adjacent to an activating group) is 2. The van der Waals surface area contributed by atoms with E-state index in [1.165, 1.54) is 11.8 Å². The van der Waals surface area contributed by atoms with Crippen molar-refractivity contribution in [2.45, 2.75) is 183 Å². The number of H-pyrrole nitrogens is 2. The number of phenolic OH excluding ortho intramolecular Hbond substituents is 2. The Morgan fingerprint density at radius 2 is 1.00 bits per heavy atom. The predicted molar refractivity (Wildman–Crippen MR) is 425 cm³/mol. The van der Waals surface area contributed by atoms with Crippen molar-refractivity contribution in [3.63, 3.8) is 0 Å². The molecule has 8 bridgehead atoms. The fraction of sp³-hybridized carbons (Fsp3) is 0.464. The Balaban J connectivity index is 0.000000165. The molecule has 14 aliphatic heterocycles. The van der Waals surface area contributed by atoms with Crippen molar-refractivity contribution in [2.24, 2.45) is 0 Å². The number of aliphatic hydroxyl groups excluding tert-OH is 1. The molecule has 30 nitrogen and oxygen atoms in total. The maximum absolute atomic E-state index is 15.0. The molecule has 10 N–H and O–H groups in total. The smallest absolute Gasteiger partial charge is 0.333 e. The Bertz CT molecular complexity index is 5610. The van der Waals surface area contributed by atoms with Gasteiger partial charge in [0.2, 0.25) is 13.6 Å². The number of rotatable bonds is 4. The minimum Gasteiger partial charge on any atom is -0.504 e. The topological polar surface area (TPSA) is 399 Å². The number of phenols is 2. The van der Waals surface area contributed by atoms with Crippen LogP contribution in [0.5, 0.6) is 46.0 Å². The maximum atomic E-state index is 15.0. The molecule has 0 saturated carbocycles. The number of nitrogens with zero attached hydrogens (tertiary/aromatic N) is 6. The van der Waals surface area contributed by atoms with E-state index in [0.717, 1.165) is 122 Å². The van der Waals surface area contributed by atoms with E-state index in [1.54, 1.807) is 26.0 Å². The summed E-state index contributed by atoms with van der Waals surface area (Å²) in [5.41, 5.74) is 16.0. The molecule has 0 unspecified atom stereocenters. The molecule has 2 aromatic heterocycles. The SMILES string of the molecule is C.COc1c(C)cc2c(c1O)[C@@H]1[C@@H]3[C@@H]4SC[C@]5(N[C@@H](C(=O)O)Cc6c5[nH]c5ccc(C)cc65)C(=O)OC[C@@H](c5c6c(c(C)c(C)c54)OCO6)N3[C@@H](C#N)[C@H](C2)N1C.COc1c(C)cc2c(c1O)[C@@H]1[C@@H]3[C@@H]4SC[C@]5(N[C@@H](C(=O)O)Cc6c5[nH]c5ccc(C)cc65)C(=O)OC[C@@H](c5c6c(c(C)c(C)c54)OCO6)N3[C@@H](O)[C@H](C2)N1C.O=[N+]([O-])O.[Ag]. The van der Waals surface area contributed by atoms with Gasteiger partial charge in [-0.2, -0.15) is 5.26 Å². The second-order valence-electron chi connectivity index (χ2n) is 32.5. The second-order valence-corrected chi connectivity index (χ2v) is 34.7. The average Bonchev–Trinajstić information content (AvgIpc) is 1.46. The standard InChI is InChI=1S/C42H43N5O8S.C41H44N4O9S.CH4.Ag.HNO3/c1-17-7-8-24-22(9-17)23-12-25(40(49)50)45-42(39(23)44-24)15-56-38-29-19(3)20(4)36-37(55-16-54-36)31(29)28(14-53-41(42)51)47-27(13-43)26-11-21-10-18(2)35(52-6)34(48)30(21)32(33(38)47)46(26)5;1-16-7-8-23-21(9-16)22-12-24(39(48)49)43-41(37(22)42-23)14-55-36-27-18(3)19(4)34-35(54-15-53-34)29(27)26(13-52-40(41)50)45-31(36)30-28-20(11-25(38(45)47)44(30)5)10-17(2)33(51-6)32(28)46;;;2-1(3)4/h7-10,25-28,32-33,38,44-45,48H,11-12,14-16H2,1-6H3,(H,49,50);7-10,24-26,30-31,36,38,42-43,46-47H,11-15H2,1-6H3,(H,48,49);1H4;;(H,2,3,4)/t25-,26+,27+,28+,32-,33-,38-,42-;24-,25+,26+,30-,31-,36-,38+,41-;;;/m11.../s1. The van der Waals surface area contributed by atoms with Crippen LogP contribution in [0.1, 0.15) is 154 Å². The van der Waals surface area contributed by atoms with E-state index in [2.05, 4.69) is 72.3 Å². The molecular formula is C84H92AgN10O20S2. The summed E-state index contributed by atoms with van der Waals surface area (Å²) in [5, 5.41) is 90.1. The molecule has 14 aliphatic rings. The van der Waals surface area contributed by atoms with E-state index in [9.17, 15) is 50.0 Å². The van der Waals surface area contributed by atoms with Crippen LogP contribution in [-0.4, -0.2) is 204 Å². The van der Waals surface area contributed by atoms with Gasteiger partial charge in [0.25, 0.3) is 5.09 Å². The van der Waals surface area contributed by atoms with Gasteiger partial charge in [0.1, 0.15) is 37.6 Å². The number of methoxy groups -OCH3 is 2. The molecule has 621 valence electrons. The van der Waals surface area contributed by atoms with Crippen LogP contribution in [0.2, 0.25) is 0 Å². The van der Waals surface area contributed by atoms with E-state index < -0.39 is 111 Å². The summed E-state index contributed by atoms with van der Waals surface area (Å²) in [7, 11) is 7.15. The molecule has 2 spiro atoms. The largest absolute Gasteiger partial charge is 0.504 e. The van der Waals surface area contributed by atoms with Crippen molar-refractivity contribution in [3.05, 3.63) is 170 Å². The number of nitrogens with one attached hydrogen (secondary N) is 4. The number of aliphatic hydroxyl groups is 1. The van der Waals surface area contributed by atoms with Crippen LogP contribution in [0.25, 0.3) is 21.8 Å². The van der Waals surface area contributed by atoms with Crippen molar-refractivity contribution < 1.29 is 115 Å². The number of benzene rings is 6. The predicted octanol–water partition coefficient (Wildman–Crippen LogP) is 9.51. The van der Waals surface area contributed by atoms with Crippen molar-refractivity contribution in [1.82, 2.24) is 40.2 Å². The number of fused-ring (bicyclic) bond motifs is 22. The van der Waals surface area contributed by atoms with E-state index in [1.807, 2.05) is 92.0 Å². The summed E-state index contributed by atoms with van der Waals surface area (Å²) in [6.07, 6.45) is 0.411. The molecule has 8 aromatic rings. The van der Waals surface area contributed by atoms with Gasteiger partial charge in [-0.15, -0.1) is 33.6 Å². The first-order valence-corrected chi connectivity index (χ1v) is 40.4. The summed E-state index contributed by atoms with van der Waals surface area (Å²) >= 11 is 3.07. The first kappa shape index (κ1) is 81.3. The third-order valence-electron chi connectivity index (χ3n) is 26.8. The number of aromatic hydroxyl groups is 2. The van der Waals surface area contributed by atoms with E-state index >= 15 is 0 Å². The zero-order valence-electron chi connectivity index (χ0n) is 65.5. The van der Waals surface area contributed by atoms with Crippen LogP contribution in [0, 0.1) is 76.8 Å². The molecule has 4 saturated heterocycles. The third kappa shape index (κ3) is 11.8. The van der Waals surface area contributed by atoms with E-state index in [0.29, 0.717) is 58.7 Å². The fourth-order valence-corrected chi connectivity index (χ4v) is 25.1. The molecule has 16 atom stereocenters. The molecule has 22 rings (SSSR count). The molecule has 33 heteroatoms. The Labute approximate surface area is 697 Å². The molecular weight excluding hydrogens is 1640 g/mol. The van der Waals surface area contributed by atoms with Crippen LogP contribution < -0.4 is 39.1 Å². The van der Waals surface area contributed by atoms with Crippen molar-refractivity contribution >= 4 is 69.2 Å². The first-order valence-electron chi connectivity index (χ1n) is 38.3. The number of aromatic nitrogens is 2. The number of hydrogen-bond acceptors (Lipinski definition) is 26. The number of aromatic amines is 2. The van der Waals surface area contributed by atoms with Gasteiger partial charge in [0.15, 0.2) is 57.1 Å². The molecule has 6 aromatic carbocycles. The summed E-state index contributed by atoms with van der Waals surface area (Å²) in [6, 6.07) is 12.5. The number of carbonyl (C=O) groups excluding carboxylic acids is 2. The monoisotopic (exact) mass is 1730 g/mol. The van der Waals surface area contributed by atoms with Gasteiger partial charge in [0.05, 0.1) is 61.9 Å². The molecule has 0 aliphatic carbocycles. The Morgan fingerprint density at radius 1 is 0.598 bits per heavy atom. The Kier molecular flexibility index (Phi) is 20.5. The van der Waals surface area contributed by atoms with Crippen LogP contribution in [0.4, 0.5) is 0 Å². The number of ether oxygens (including phenoxy) is 8. The first-order chi connectivity index (χ1) is 55.0. The number of piperazine rings is 2.